The number of aldehydes is 1. The lowest BCUT2D eigenvalue weighted by Crippen LogP contribution is -2.51. The Morgan fingerprint density at radius 2 is 2.09 bits per heavy atom. The molecule has 3 N–H and O–H groups in total. The van der Waals surface area contributed by atoms with Crippen molar-refractivity contribution in [3.05, 3.63) is 24.3 Å². The summed E-state index contributed by atoms with van der Waals surface area (Å²) in [6, 6.07) is 6.17. The van der Waals surface area contributed by atoms with Gasteiger partial charge in [-0.3, -0.25) is 4.94 Å². The van der Waals surface area contributed by atoms with Crippen molar-refractivity contribution in [1.82, 2.24) is 19.3 Å². The van der Waals surface area contributed by atoms with Gasteiger partial charge in [-0.1, -0.05) is 18.6 Å². The third-order valence-electron chi connectivity index (χ3n) is 4.80. The number of ether oxygens (including phenoxy) is 1. The molecule has 0 spiro atoms. The number of rotatable bonds is 7. The van der Waals surface area contributed by atoms with E-state index in [0.29, 0.717) is 35.2 Å². The quantitative estimate of drug-likeness (QED) is 0.262. The molecule has 1 atom stereocenters. The highest BCUT2D eigenvalue weighted by molar-refractivity contribution is 7.89. The molecule has 2 aromatic rings. The highest BCUT2D eigenvalue weighted by Gasteiger charge is 2.38. The van der Waals surface area contributed by atoms with E-state index in [1.807, 2.05) is 0 Å². The van der Waals surface area contributed by atoms with Gasteiger partial charge >= 0.3 is 6.09 Å². The van der Waals surface area contributed by atoms with Crippen LogP contribution >= 0.6 is 0 Å². The molecule has 13 heteroatoms. The molecular weight excluding hydrogens is 452 g/mol. The molecule has 1 aromatic carbocycles. The Hall–Kier alpha value is -3.19. The Balaban J connectivity index is 1.82. The van der Waals surface area contributed by atoms with Crippen LogP contribution in [0.1, 0.15) is 40.0 Å². The van der Waals surface area contributed by atoms with Crippen molar-refractivity contribution >= 4 is 39.3 Å². The molecule has 1 aliphatic heterocycles. The zero-order valence-electron chi connectivity index (χ0n) is 18.7. The number of piperidine rings is 1. The van der Waals surface area contributed by atoms with E-state index in [1.54, 1.807) is 45.0 Å². The first-order chi connectivity index (χ1) is 15.5. The zero-order chi connectivity index (χ0) is 24.2. The molecule has 2 heterocycles. The van der Waals surface area contributed by atoms with Gasteiger partial charge < -0.3 is 20.2 Å². The summed E-state index contributed by atoms with van der Waals surface area (Å²) in [5, 5.41) is 4.15. The average molecular weight is 481 g/mol. The molecule has 0 aliphatic carbocycles. The zero-order valence-corrected chi connectivity index (χ0v) is 19.5. The van der Waals surface area contributed by atoms with Gasteiger partial charge in [-0.2, -0.15) is 4.31 Å². The van der Waals surface area contributed by atoms with Gasteiger partial charge in [-0.25, -0.2) is 18.2 Å². The average Bonchev–Trinajstić information content (AvgIpc) is 3.20. The van der Waals surface area contributed by atoms with Crippen LogP contribution in [-0.2, 0) is 24.5 Å². The Morgan fingerprint density at radius 3 is 2.76 bits per heavy atom. The SMILES string of the molecule is CC(C)(C)OC(=O)N(CC=O)ON=C(N)C1CCCCN1S(=O)(=O)c1nc2ccccc2[nH]1. The molecule has 1 unspecified atom stereocenters. The highest BCUT2D eigenvalue weighted by Crippen LogP contribution is 2.26. The number of sulfonamides is 1. The molecular formula is C20H28N6O6S. The van der Waals surface area contributed by atoms with E-state index < -0.39 is 34.3 Å². The Kier molecular flexibility index (Phi) is 7.22. The Bertz CT molecular complexity index is 1110. The summed E-state index contributed by atoms with van der Waals surface area (Å²) >= 11 is 0. The maximum Gasteiger partial charge on any atom is 0.446 e. The number of para-hydroxylation sites is 2. The number of oxime groups is 1. The van der Waals surface area contributed by atoms with Crippen LogP contribution in [0.5, 0.6) is 0 Å². The minimum absolute atomic E-state index is 0.158. The number of carbonyl (C=O) groups excluding carboxylic acids is 2. The smallest absolute Gasteiger partial charge is 0.442 e. The van der Waals surface area contributed by atoms with Crippen molar-refractivity contribution in [2.24, 2.45) is 10.9 Å². The molecule has 1 saturated heterocycles. The van der Waals surface area contributed by atoms with Crippen LogP contribution < -0.4 is 5.73 Å². The number of hydrogen-bond donors (Lipinski definition) is 2. The van der Waals surface area contributed by atoms with E-state index in [1.165, 1.54) is 4.31 Å². The molecule has 1 aromatic heterocycles. The largest absolute Gasteiger partial charge is 0.446 e. The highest BCUT2D eigenvalue weighted by atomic mass is 32.2. The van der Waals surface area contributed by atoms with E-state index in [2.05, 4.69) is 15.1 Å². The van der Waals surface area contributed by atoms with Gasteiger partial charge in [-0.05, 0) is 50.9 Å². The monoisotopic (exact) mass is 480 g/mol. The normalized spacial score (nSPS) is 18.2. The molecule has 0 saturated carbocycles. The number of fused-ring (bicyclic) bond motifs is 1. The molecule has 3 rings (SSSR count). The third kappa shape index (κ3) is 5.79. The number of carbonyl (C=O) groups is 2. The summed E-state index contributed by atoms with van der Waals surface area (Å²) in [6.07, 6.45) is 1.27. The fourth-order valence-electron chi connectivity index (χ4n) is 3.33. The standard InChI is InChI=1S/C20H28N6O6S/c1-20(2,3)31-19(28)25(12-13-27)32-24-17(21)16-10-6-7-11-26(16)33(29,30)18-22-14-8-4-5-9-15(14)23-18/h4-5,8-9,13,16H,6-7,10-12H2,1-3H3,(H2,21,24)(H,22,23). The number of H-pyrrole nitrogens is 1. The molecule has 180 valence electrons. The maximum atomic E-state index is 13.3. The van der Waals surface area contributed by atoms with Crippen LogP contribution in [0.25, 0.3) is 11.0 Å². The molecule has 33 heavy (non-hydrogen) atoms. The maximum absolute atomic E-state index is 13.3. The number of amides is 1. The second-order valence-corrected chi connectivity index (χ2v) is 10.3. The second kappa shape index (κ2) is 9.75. The summed E-state index contributed by atoms with van der Waals surface area (Å²) in [5.41, 5.74) is 6.38. The molecule has 12 nitrogen and oxygen atoms in total. The summed E-state index contributed by atoms with van der Waals surface area (Å²) in [5.74, 6) is -0.158. The number of hydrogen-bond acceptors (Lipinski definition) is 8. The number of imidazole rings is 1. The topological polar surface area (TPSA) is 160 Å². The Morgan fingerprint density at radius 1 is 1.36 bits per heavy atom. The summed E-state index contributed by atoms with van der Waals surface area (Å²) in [6.45, 7) is 4.74. The van der Waals surface area contributed by atoms with Gasteiger partial charge in [0.15, 0.2) is 5.84 Å². The Labute approximate surface area is 191 Å². The van der Waals surface area contributed by atoms with Gasteiger partial charge in [0.1, 0.15) is 18.4 Å². The van der Waals surface area contributed by atoms with Gasteiger partial charge in [0.05, 0.1) is 17.1 Å². The van der Waals surface area contributed by atoms with Crippen molar-refractivity contribution in [2.45, 2.75) is 56.8 Å². The fourth-order valence-corrected chi connectivity index (χ4v) is 4.92. The lowest BCUT2D eigenvalue weighted by Gasteiger charge is -2.33. The van der Waals surface area contributed by atoms with Crippen molar-refractivity contribution < 1.29 is 27.7 Å². The molecule has 1 amide bonds. The van der Waals surface area contributed by atoms with Crippen molar-refractivity contribution in [3.63, 3.8) is 0 Å². The number of nitrogens with two attached hydrogens (primary N) is 1. The van der Waals surface area contributed by atoms with Crippen LogP contribution in [0.4, 0.5) is 4.79 Å². The number of hydroxylamine groups is 2. The molecule has 1 aliphatic rings. The number of nitrogens with zero attached hydrogens (tertiary/aromatic N) is 4. The number of benzene rings is 1. The first kappa shape index (κ1) is 24.5. The van der Waals surface area contributed by atoms with Crippen LogP contribution in [0.3, 0.4) is 0 Å². The van der Waals surface area contributed by atoms with Gasteiger partial charge in [-0.15, -0.1) is 5.06 Å². The van der Waals surface area contributed by atoms with E-state index >= 15 is 0 Å². The third-order valence-corrected chi connectivity index (χ3v) is 6.53. The van der Waals surface area contributed by atoms with Crippen molar-refractivity contribution in [2.75, 3.05) is 13.1 Å². The molecule has 0 radical (unpaired) electrons. The lowest BCUT2D eigenvalue weighted by molar-refractivity contribution is -0.152. The van der Waals surface area contributed by atoms with E-state index in [9.17, 15) is 18.0 Å². The number of nitrogens with one attached hydrogen (secondary N) is 1. The van der Waals surface area contributed by atoms with Gasteiger partial charge in [0, 0.05) is 6.54 Å². The predicted octanol–water partition coefficient (Wildman–Crippen LogP) is 1.75. The first-order valence-electron chi connectivity index (χ1n) is 10.4. The van der Waals surface area contributed by atoms with Crippen LogP contribution in [0, 0.1) is 0 Å². The first-order valence-corrected chi connectivity index (χ1v) is 11.9. The van der Waals surface area contributed by atoms with Gasteiger partial charge in [0.25, 0.3) is 10.0 Å². The number of aromatic amines is 1. The fraction of sp³-hybridized carbons (Fsp3) is 0.500. The molecule has 1 fully saturated rings. The second-order valence-electron chi connectivity index (χ2n) is 8.49. The van der Waals surface area contributed by atoms with Gasteiger partial charge in [0.2, 0.25) is 5.16 Å². The van der Waals surface area contributed by atoms with Crippen molar-refractivity contribution in [1.29, 1.82) is 0 Å². The summed E-state index contributed by atoms with van der Waals surface area (Å²) in [7, 11) is -4.02. The van der Waals surface area contributed by atoms with E-state index in [4.69, 9.17) is 15.4 Å². The van der Waals surface area contributed by atoms with Crippen LogP contribution in [0.2, 0.25) is 0 Å². The summed E-state index contributed by atoms with van der Waals surface area (Å²) < 4.78 is 33.0. The molecule has 0 bridgehead atoms. The van der Waals surface area contributed by atoms with Crippen LogP contribution in [-0.4, -0.2) is 70.7 Å². The van der Waals surface area contributed by atoms with E-state index in [0.717, 1.165) is 6.42 Å². The van der Waals surface area contributed by atoms with Crippen molar-refractivity contribution in [3.8, 4) is 0 Å². The predicted molar refractivity (Wildman–Crippen MR) is 119 cm³/mol. The number of aromatic nitrogens is 2. The summed E-state index contributed by atoms with van der Waals surface area (Å²) in [4.78, 5) is 35.3. The lowest BCUT2D eigenvalue weighted by atomic mass is 10.0. The minimum atomic E-state index is -4.02. The number of amidine groups is 1. The van der Waals surface area contributed by atoms with Crippen LogP contribution in [0.15, 0.2) is 34.6 Å². The van der Waals surface area contributed by atoms with E-state index in [-0.39, 0.29) is 17.5 Å². The minimum Gasteiger partial charge on any atom is -0.442 e.